The molecule has 1 aliphatic carbocycles. The minimum atomic E-state index is -0.302. The second kappa shape index (κ2) is 7.54. The van der Waals surface area contributed by atoms with Crippen molar-refractivity contribution in [2.45, 2.75) is 51.5 Å². The number of carbonyl (C=O) groups excluding carboxylic acids is 1. The molecule has 5 heteroatoms. The second-order valence-electron chi connectivity index (χ2n) is 7.48. The molecule has 1 saturated carbocycles. The van der Waals surface area contributed by atoms with Gasteiger partial charge in [-0.1, -0.05) is 39.0 Å². The van der Waals surface area contributed by atoms with Crippen molar-refractivity contribution in [2.75, 3.05) is 13.2 Å². The third-order valence-electron chi connectivity index (χ3n) is 4.38. The molecule has 1 unspecified atom stereocenters. The minimum absolute atomic E-state index is 0. The Bertz CT molecular complexity index is 538. The fraction of sp³-hybridized carbons (Fsp3) is 0.611. The first-order valence-electron chi connectivity index (χ1n) is 7.99. The minimum Gasteiger partial charge on any atom is -0.483 e. The quantitative estimate of drug-likeness (QED) is 0.836. The van der Waals surface area contributed by atoms with Crippen LogP contribution in [0.4, 0.5) is 0 Å². The van der Waals surface area contributed by atoms with Crippen LogP contribution in [0.5, 0.6) is 5.75 Å². The molecule has 1 fully saturated rings. The Hall–Kier alpha value is -1.26. The number of para-hydroxylation sites is 1. The van der Waals surface area contributed by atoms with Crippen LogP contribution in [0.15, 0.2) is 24.3 Å². The summed E-state index contributed by atoms with van der Waals surface area (Å²) in [5, 5.41) is 3.04. The number of nitrogens with two attached hydrogens (primary N) is 1. The average molecular weight is 341 g/mol. The maximum absolute atomic E-state index is 12.2. The predicted molar refractivity (Wildman–Crippen MR) is 96.2 cm³/mol. The number of amides is 1. The van der Waals surface area contributed by atoms with Gasteiger partial charge in [-0.15, -0.1) is 12.4 Å². The topological polar surface area (TPSA) is 64.3 Å². The van der Waals surface area contributed by atoms with Crippen molar-refractivity contribution in [3.63, 3.8) is 0 Å². The van der Waals surface area contributed by atoms with Crippen molar-refractivity contribution < 1.29 is 9.53 Å². The molecule has 0 radical (unpaired) electrons. The van der Waals surface area contributed by atoms with Gasteiger partial charge in [-0.3, -0.25) is 4.79 Å². The molecule has 0 spiro atoms. The van der Waals surface area contributed by atoms with Crippen LogP contribution in [-0.4, -0.2) is 24.6 Å². The Labute approximate surface area is 145 Å². The van der Waals surface area contributed by atoms with E-state index in [1.54, 1.807) is 0 Å². The van der Waals surface area contributed by atoms with Crippen LogP contribution in [0, 0.1) is 5.92 Å². The average Bonchev–Trinajstić information content (AvgIpc) is 3.29. The van der Waals surface area contributed by atoms with Crippen LogP contribution in [0.25, 0.3) is 0 Å². The Balaban J connectivity index is 0.00000264. The van der Waals surface area contributed by atoms with Gasteiger partial charge in [0.2, 0.25) is 0 Å². The lowest BCUT2D eigenvalue weighted by molar-refractivity contribution is -0.125. The van der Waals surface area contributed by atoms with Gasteiger partial charge in [0, 0.05) is 6.54 Å². The highest BCUT2D eigenvalue weighted by atomic mass is 35.5. The number of benzene rings is 1. The van der Waals surface area contributed by atoms with Crippen LogP contribution in [0.1, 0.15) is 46.1 Å². The number of hydrogen-bond acceptors (Lipinski definition) is 3. The van der Waals surface area contributed by atoms with Gasteiger partial charge in [-0.2, -0.15) is 0 Å². The van der Waals surface area contributed by atoms with Gasteiger partial charge in [-0.05, 0) is 42.7 Å². The van der Waals surface area contributed by atoms with Gasteiger partial charge < -0.3 is 15.8 Å². The van der Waals surface area contributed by atoms with Crippen molar-refractivity contribution in [1.82, 2.24) is 5.32 Å². The first kappa shape index (κ1) is 19.8. The molecule has 0 saturated heterocycles. The van der Waals surface area contributed by atoms with Crippen LogP contribution in [0.3, 0.4) is 0 Å². The highest BCUT2D eigenvalue weighted by Gasteiger charge is 2.41. The standard InChI is InChI=1S/C18H28N2O2.ClH/c1-17(2,3)14-7-5-6-8-15(14)22-11-16(21)20-18(4,12-19)13-9-10-13;/h5-8,13H,9-12,19H2,1-4H3,(H,20,21);1H. The molecule has 0 aromatic heterocycles. The molecule has 1 aromatic rings. The molecule has 3 N–H and O–H groups in total. The summed E-state index contributed by atoms with van der Waals surface area (Å²) in [5.41, 5.74) is 6.61. The van der Waals surface area contributed by atoms with Crippen molar-refractivity contribution >= 4 is 18.3 Å². The molecule has 0 aliphatic heterocycles. The van der Waals surface area contributed by atoms with Gasteiger partial charge >= 0.3 is 0 Å². The van der Waals surface area contributed by atoms with Gasteiger partial charge in [0.15, 0.2) is 6.61 Å². The van der Waals surface area contributed by atoms with E-state index in [1.807, 2.05) is 31.2 Å². The Morgan fingerprint density at radius 2 is 1.87 bits per heavy atom. The van der Waals surface area contributed by atoms with Crippen molar-refractivity contribution in [2.24, 2.45) is 11.7 Å². The molecule has 0 heterocycles. The van der Waals surface area contributed by atoms with Crippen molar-refractivity contribution in [3.8, 4) is 5.75 Å². The maximum atomic E-state index is 12.2. The SMILES string of the molecule is CC(C)(C)c1ccccc1OCC(=O)NC(C)(CN)C1CC1.Cl. The fourth-order valence-electron chi connectivity index (χ4n) is 2.75. The monoisotopic (exact) mass is 340 g/mol. The summed E-state index contributed by atoms with van der Waals surface area (Å²) in [6.45, 7) is 8.90. The van der Waals surface area contributed by atoms with Crippen LogP contribution < -0.4 is 15.8 Å². The molecular weight excluding hydrogens is 312 g/mol. The van der Waals surface area contributed by atoms with E-state index in [9.17, 15) is 4.79 Å². The van der Waals surface area contributed by atoms with E-state index in [0.29, 0.717) is 12.5 Å². The van der Waals surface area contributed by atoms with E-state index in [4.69, 9.17) is 10.5 Å². The van der Waals surface area contributed by atoms with Gasteiger partial charge in [0.05, 0.1) is 5.54 Å². The summed E-state index contributed by atoms with van der Waals surface area (Å²) >= 11 is 0. The number of nitrogens with one attached hydrogen (secondary N) is 1. The predicted octanol–water partition coefficient (Wildman–Crippen LogP) is 3.03. The summed E-state index contributed by atoms with van der Waals surface area (Å²) < 4.78 is 5.76. The molecule has 130 valence electrons. The molecule has 1 aromatic carbocycles. The maximum Gasteiger partial charge on any atom is 0.258 e. The second-order valence-corrected chi connectivity index (χ2v) is 7.48. The number of ether oxygens (including phenoxy) is 1. The zero-order valence-electron chi connectivity index (χ0n) is 14.5. The number of rotatable bonds is 6. The van der Waals surface area contributed by atoms with E-state index >= 15 is 0 Å². The van der Waals surface area contributed by atoms with E-state index in [2.05, 4.69) is 26.1 Å². The molecule has 1 amide bonds. The van der Waals surface area contributed by atoms with Gasteiger partial charge in [0.1, 0.15) is 5.75 Å². The van der Waals surface area contributed by atoms with E-state index in [-0.39, 0.29) is 35.9 Å². The van der Waals surface area contributed by atoms with E-state index in [0.717, 1.165) is 24.2 Å². The highest BCUT2D eigenvalue weighted by molar-refractivity contribution is 5.85. The summed E-state index contributed by atoms with van der Waals surface area (Å²) in [4.78, 5) is 12.2. The van der Waals surface area contributed by atoms with E-state index < -0.39 is 0 Å². The lowest BCUT2D eigenvalue weighted by Gasteiger charge is -2.29. The van der Waals surface area contributed by atoms with Crippen molar-refractivity contribution in [3.05, 3.63) is 29.8 Å². The van der Waals surface area contributed by atoms with Crippen LogP contribution >= 0.6 is 12.4 Å². The number of halogens is 1. The molecular formula is C18H29ClN2O2. The zero-order chi connectivity index (χ0) is 16.4. The molecule has 0 bridgehead atoms. The largest absolute Gasteiger partial charge is 0.483 e. The van der Waals surface area contributed by atoms with Crippen LogP contribution in [-0.2, 0) is 10.2 Å². The van der Waals surface area contributed by atoms with Gasteiger partial charge in [0.25, 0.3) is 5.91 Å². The smallest absolute Gasteiger partial charge is 0.258 e. The molecule has 1 aliphatic rings. The fourth-order valence-corrected chi connectivity index (χ4v) is 2.75. The lowest BCUT2D eigenvalue weighted by atomic mass is 9.86. The Morgan fingerprint density at radius 3 is 2.39 bits per heavy atom. The Morgan fingerprint density at radius 1 is 1.26 bits per heavy atom. The lowest BCUT2D eigenvalue weighted by Crippen LogP contribution is -2.54. The Kier molecular flexibility index (Phi) is 6.49. The molecule has 23 heavy (non-hydrogen) atoms. The third-order valence-corrected chi connectivity index (χ3v) is 4.38. The summed E-state index contributed by atoms with van der Waals surface area (Å²) in [7, 11) is 0. The number of carbonyl (C=O) groups is 1. The third kappa shape index (κ3) is 5.11. The van der Waals surface area contributed by atoms with Crippen LogP contribution in [0.2, 0.25) is 0 Å². The zero-order valence-corrected chi connectivity index (χ0v) is 15.3. The molecule has 1 atom stereocenters. The molecule has 2 rings (SSSR count). The summed E-state index contributed by atoms with van der Waals surface area (Å²) in [6, 6.07) is 7.88. The van der Waals surface area contributed by atoms with Crippen molar-refractivity contribution in [1.29, 1.82) is 0 Å². The number of hydrogen-bond donors (Lipinski definition) is 2. The van der Waals surface area contributed by atoms with Gasteiger partial charge in [-0.25, -0.2) is 0 Å². The van der Waals surface area contributed by atoms with E-state index in [1.165, 1.54) is 0 Å². The summed E-state index contributed by atoms with van der Waals surface area (Å²) in [6.07, 6.45) is 2.28. The first-order valence-corrected chi connectivity index (χ1v) is 7.99. The normalized spacial score (nSPS) is 16.9. The highest BCUT2D eigenvalue weighted by Crippen LogP contribution is 2.39. The first-order chi connectivity index (χ1) is 10.3. The summed E-state index contributed by atoms with van der Waals surface area (Å²) in [5.74, 6) is 1.16. The molecule has 4 nitrogen and oxygen atoms in total.